The van der Waals surface area contributed by atoms with Gasteiger partial charge in [-0.05, 0) is 24.1 Å². The summed E-state index contributed by atoms with van der Waals surface area (Å²) in [6, 6.07) is 5.78. The standard InChI is InChI=1S/C11H12F2O3/c1-2-9(10(14)15)7-4-3-5-8(6-7)16-11(12)13/h3-6,9,11H,2H2,1H3,(H,14,15). The Hall–Kier alpha value is -1.65. The van der Waals surface area contributed by atoms with Crippen LogP contribution in [0.4, 0.5) is 8.78 Å². The largest absolute Gasteiger partial charge is 0.481 e. The van der Waals surface area contributed by atoms with Crippen LogP contribution in [-0.2, 0) is 4.79 Å². The number of hydrogen-bond acceptors (Lipinski definition) is 2. The van der Waals surface area contributed by atoms with Crippen LogP contribution in [0.2, 0.25) is 0 Å². The van der Waals surface area contributed by atoms with Gasteiger partial charge in [-0.3, -0.25) is 4.79 Å². The number of carbonyl (C=O) groups is 1. The monoisotopic (exact) mass is 230 g/mol. The maximum atomic E-state index is 12.0. The summed E-state index contributed by atoms with van der Waals surface area (Å²) >= 11 is 0. The molecule has 1 N–H and O–H groups in total. The van der Waals surface area contributed by atoms with E-state index in [1.54, 1.807) is 13.0 Å². The summed E-state index contributed by atoms with van der Waals surface area (Å²) in [5.74, 6) is -1.69. The number of halogens is 2. The molecule has 0 aliphatic heterocycles. The molecule has 88 valence electrons. The number of alkyl halides is 2. The Bertz CT molecular complexity index is 366. The van der Waals surface area contributed by atoms with E-state index in [1.165, 1.54) is 18.2 Å². The van der Waals surface area contributed by atoms with E-state index in [4.69, 9.17) is 5.11 Å². The lowest BCUT2D eigenvalue weighted by Crippen LogP contribution is -2.11. The molecule has 0 bridgehead atoms. The summed E-state index contributed by atoms with van der Waals surface area (Å²) < 4.78 is 28.1. The average Bonchev–Trinajstić information content (AvgIpc) is 2.17. The van der Waals surface area contributed by atoms with Crippen LogP contribution in [0.25, 0.3) is 0 Å². The van der Waals surface area contributed by atoms with Crippen molar-refractivity contribution in [3.63, 3.8) is 0 Å². The average molecular weight is 230 g/mol. The number of ether oxygens (including phenoxy) is 1. The SMILES string of the molecule is CCC(C(=O)O)c1cccc(OC(F)F)c1. The molecule has 0 spiro atoms. The molecule has 16 heavy (non-hydrogen) atoms. The molecular weight excluding hydrogens is 218 g/mol. The van der Waals surface area contributed by atoms with Gasteiger partial charge in [-0.15, -0.1) is 0 Å². The highest BCUT2D eigenvalue weighted by Crippen LogP contribution is 2.24. The van der Waals surface area contributed by atoms with Gasteiger partial charge in [0.1, 0.15) is 5.75 Å². The van der Waals surface area contributed by atoms with Gasteiger partial charge in [0.05, 0.1) is 5.92 Å². The number of aliphatic carboxylic acids is 1. The molecule has 0 fully saturated rings. The Morgan fingerprint density at radius 1 is 1.50 bits per heavy atom. The van der Waals surface area contributed by atoms with E-state index in [0.717, 1.165) is 0 Å². The van der Waals surface area contributed by atoms with Crippen molar-refractivity contribution in [1.29, 1.82) is 0 Å². The minimum absolute atomic E-state index is 0.0211. The fraction of sp³-hybridized carbons (Fsp3) is 0.364. The molecule has 1 aromatic rings. The van der Waals surface area contributed by atoms with Gasteiger partial charge in [-0.1, -0.05) is 19.1 Å². The predicted octanol–water partition coefficient (Wildman–Crippen LogP) is 2.87. The zero-order valence-electron chi connectivity index (χ0n) is 8.69. The maximum Gasteiger partial charge on any atom is 0.387 e. The third kappa shape index (κ3) is 3.18. The van der Waals surface area contributed by atoms with Gasteiger partial charge >= 0.3 is 12.6 Å². The van der Waals surface area contributed by atoms with Crippen LogP contribution in [0.3, 0.4) is 0 Å². The molecule has 0 aliphatic carbocycles. The Morgan fingerprint density at radius 3 is 2.69 bits per heavy atom. The number of carboxylic acid groups (broad SMARTS) is 1. The van der Waals surface area contributed by atoms with E-state index in [2.05, 4.69) is 4.74 Å². The minimum atomic E-state index is -2.90. The second-order valence-corrected chi connectivity index (χ2v) is 3.25. The molecule has 1 atom stereocenters. The van der Waals surface area contributed by atoms with E-state index in [1.807, 2.05) is 0 Å². The summed E-state index contributed by atoms with van der Waals surface area (Å²) in [7, 11) is 0. The first kappa shape index (κ1) is 12.4. The smallest absolute Gasteiger partial charge is 0.387 e. The Kier molecular flexibility index (Phi) is 4.22. The summed E-state index contributed by atoms with van der Waals surface area (Å²) in [6.45, 7) is -1.18. The molecule has 1 aromatic carbocycles. The number of carboxylic acids is 1. The van der Waals surface area contributed by atoms with Gasteiger partial charge < -0.3 is 9.84 Å². The fourth-order valence-electron chi connectivity index (χ4n) is 1.46. The van der Waals surface area contributed by atoms with Crippen molar-refractivity contribution in [2.24, 2.45) is 0 Å². The molecule has 1 rings (SSSR count). The van der Waals surface area contributed by atoms with Gasteiger partial charge in [0.25, 0.3) is 0 Å². The zero-order chi connectivity index (χ0) is 12.1. The second-order valence-electron chi connectivity index (χ2n) is 3.25. The molecule has 3 nitrogen and oxygen atoms in total. The molecule has 5 heteroatoms. The van der Waals surface area contributed by atoms with E-state index < -0.39 is 18.5 Å². The first-order valence-electron chi connectivity index (χ1n) is 4.82. The van der Waals surface area contributed by atoms with Crippen molar-refractivity contribution in [3.8, 4) is 5.75 Å². The van der Waals surface area contributed by atoms with Crippen molar-refractivity contribution in [3.05, 3.63) is 29.8 Å². The summed E-state index contributed by atoms with van der Waals surface area (Å²) in [5, 5.41) is 8.91. The van der Waals surface area contributed by atoms with Crippen molar-refractivity contribution in [2.45, 2.75) is 25.9 Å². The first-order chi connectivity index (χ1) is 7.54. The highest BCUT2D eigenvalue weighted by atomic mass is 19.3. The topological polar surface area (TPSA) is 46.5 Å². The van der Waals surface area contributed by atoms with Crippen molar-refractivity contribution in [1.82, 2.24) is 0 Å². The molecule has 0 heterocycles. The third-order valence-electron chi connectivity index (χ3n) is 2.19. The second kappa shape index (κ2) is 5.44. The van der Waals surface area contributed by atoms with Crippen LogP contribution in [0.15, 0.2) is 24.3 Å². The normalized spacial score (nSPS) is 12.5. The lowest BCUT2D eigenvalue weighted by molar-refractivity contribution is -0.138. The van der Waals surface area contributed by atoms with Gasteiger partial charge in [-0.25, -0.2) is 0 Å². The minimum Gasteiger partial charge on any atom is -0.481 e. The number of benzene rings is 1. The summed E-state index contributed by atoms with van der Waals surface area (Å²) in [6.07, 6.45) is 0.396. The van der Waals surface area contributed by atoms with E-state index in [9.17, 15) is 13.6 Å². The Balaban J connectivity index is 2.92. The lowest BCUT2D eigenvalue weighted by atomic mass is 9.97. The highest BCUT2D eigenvalue weighted by Gasteiger charge is 2.18. The van der Waals surface area contributed by atoms with Crippen LogP contribution in [0, 0.1) is 0 Å². The molecule has 0 aliphatic rings. The quantitative estimate of drug-likeness (QED) is 0.845. The Labute approximate surface area is 91.7 Å². The van der Waals surface area contributed by atoms with Gasteiger partial charge in [0.15, 0.2) is 0 Å². The summed E-state index contributed by atoms with van der Waals surface area (Å²) in [5.41, 5.74) is 0.466. The van der Waals surface area contributed by atoms with Gasteiger partial charge in [0, 0.05) is 0 Å². The molecule has 1 unspecified atom stereocenters. The third-order valence-corrected chi connectivity index (χ3v) is 2.19. The molecular formula is C11H12F2O3. The maximum absolute atomic E-state index is 12.0. The highest BCUT2D eigenvalue weighted by molar-refractivity contribution is 5.76. The molecule has 0 saturated heterocycles. The van der Waals surface area contributed by atoms with Crippen LogP contribution in [-0.4, -0.2) is 17.7 Å². The van der Waals surface area contributed by atoms with Crippen LogP contribution >= 0.6 is 0 Å². The van der Waals surface area contributed by atoms with Crippen molar-refractivity contribution < 1.29 is 23.4 Å². The number of rotatable bonds is 5. The predicted molar refractivity (Wildman–Crippen MR) is 53.7 cm³/mol. The first-order valence-corrected chi connectivity index (χ1v) is 4.82. The zero-order valence-corrected chi connectivity index (χ0v) is 8.69. The lowest BCUT2D eigenvalue weighted by Gasteiger charge is -2.11. The van der Waals surface area contributed by atoms with Crippen LogP contribution in [0.1, 0.15) is 24.8 Å². The van der Waals surface area contributed by atoms with Gasteiger partial charge in [-0.2, -0.15) is 8.78 Å². The summed E-state index contributed by atoms with van der Waals surface area (Å²) in [4.78, 5) is 10.9. The van der Waals surface area contributed by atoms with Crippen molar-refractivity contribution >= 4 is 5.97 Å². The van der Waals surface area contributed by atoms with Crippen LogP contribution in [0.5, 0.6) is 5.75 Å². The van der Waals surface area contributed by atoms with Gasteiger partial charge in [0.2, 0.25) is 0 Å². The molecule has 0 radical (unpaired) electrons. The molecule has 0 aromatic heterocycles. The Morgan fingerprint density at radius 2 is 2.19 bits per heavy atom. The van der Waals surface area contributed by atoms with E-state index in [-0.39, 0.29) is 5.75 Å². The van der Waals surface area contributed by atoms with E-state index >= 15 is 0 Å². The molecule has 0 amide bonds. The van der Waals surface area contributed by atoms with E-state index in [0.29, 0.717) is 12.0 Å². The van der Waals surface area contributed by atoms with Crippen molar-refractivity contribution in [2.75, 3.05) is 0 Å². The molecule has 0 saturated carbocycles. The number of hydrogen-bond donors (Lipinski definition) is 1. The fourth-order valence-corrected chi connectivity index (χ4v) is 1.46. The van der Waals surface area contributed by atoms with Crippen LogP contribution < -0.4 is 4.74 Å².